The Hall–Kier alpha value is -2.57. The standard InChI is InChI=1S/C22H22Cl2N4O5S2/c1-27(2)7-4-8-33-17-6-5-13(9-18(17)32-3)26-21(29)19-10-16(28(30)31)22(34-19)35-20-14(23)11-25-12-15(20)24/h5-6,9-12H,4,7-8H2,1-3H3,(H,26,29). The molecule has 0 aliphatic rings. The molecule has 0 fully saturated rings. The van der Waals surface area contributed by atoms with Crippen molar-refractivity contribution in [2.24, 2.45) is 0 Å². The molecule has 0 spiro atoms. The summed E-state index contributed by atoms with van der Waals surface area (Å²) >= 11 is 14.3. The van der Waals surface area contributed by atoms with E-state index in [1.165, 1.54) is 25.6 Å². The summed E-state index contributed by atoms with van der Waals surface area (Å²) in [5, 5.41) is 14.9. The summed E-state index contributed by atoms with van der Waals surface area (Å²) in [7, 11) is 5.49. The maximum absolute atomic E-state index is 12.9. The highest BCUT2D eigenvalue weighted by Gasteiger charge is 2.25. The van der Waals surface area contributed by atoms with Gasteiger partial charge < -0.3 is 19.7 Å². The van der Waals surface area contributed by atoms with Gasteiger partial charge in [-0.2, -0.15) is 0 Å². The second-order valence-electron chi connectivity index (χ2n) is 7.40. The largest absolute Gasteiger partial charge is 0.493 e. The summed E-state index contributed by atoms with van der Waals surface area (Å²) in [5.41, 5.74) is 0.242. The number of nitrogens with one attached hydrogen (secondary N) is 1. The van der Waals surface area contributed by atoms with E-state index in [4.69, 9.17) is 32.7 Å². The van der Waals surface area contributed by atoms with Crippen molar-refractivity contribution in [2.45, 2.75) is 15.5 Å². The van der Waals surface area contributed by atoms with Gasteiger partial charge in [0, 0.05) is 36.8 Å². The molecule has 0 aliphatic heterocycles. The van der Waals surface area contributed by atoms with Crippen molar-refractivity contribution in [2.75, 3.05) is 39.7 Å². The Labute approximate surface area is 220 Å². The van der Waals surface area contributed by atoms with Crippen molar-refractivity contribution in [3.63, 3.8) is 0 Å². The zero-order valence-electron chi connectivity index (χ0n) is 19.0. The number of hydrogen-bond donors (Lipinski definition) is 1. The number of amides is 1. The molecule has 0 bridgehead atoms. The van der Waals surface area contributed by atoms with E-state index in [-0.39, 0.29) is 24.8 Å². The smallest absolute Gasteiger partial charge is 0.294 e. The lowest BCUT2D eigenvalue weighted by atomic mass is 10.2. The fourth-order valence-electron chi connectivity index (χ4n) is 2.89. The van der Waals surface area contributed by atoms with Gasteiger partial charge in [-0.3, -0.25) is 19.9 Å². The minimum absolute atomic E-state index is 0.156. The highest BCUT2D eigenvalue weighted by molar-refractivity contribution is 8.01. The lowest BCUT2D eigenvalue weighted by Crippen LogP contribution is -2.15. The van der Waals surface area contributed by atoms with Crippen LogP contribution in [0.15, 0.2) is 45.8 Å². The Morgan fingerprint density at radius 3 is 2.57 bits per heavy atom. The number of nitrogens with zero attached hydrogens (tertiary/aromatic N) is 3. The number of aromatic nitrogens is 1. The SMILES string of the molecule is COc1cc(NC(=O)c2cc([N+](=O)[O-])c(Sc3c(Cl)cncc3Cl)s2)ccc1OCCCN(C)C. The van der Waals surface area contributed by atoms with Gasteiger partial charge in [-0.1, -0.05) is 35.0 Å². The van der Waals surface area contributed by atoms with Gasteiger partial charge in [0.1, 0.15) is 9.09 Å². The third-order valence-corrected chi connectivity index (χ3v) is 7.79. The van der Waals surface area contributed by atoms with Crippen LogP contribution in [-0.4, -0.2) is 55.1 Å². The first-order chi connectivity index (χ1) is 16.7. The number of carbonyl (C=O) groups is 1. The number of benzene rings is 1. The molecule has 2 heterocycles. The van der Waals surface area contributed by atoms with Crippen LogP contribution in [0.3, 0.4) is 0 Å². The summed E-state index contributed by atoms with van der Waals surface area (Å²) in [5.74, 6) is 0.516. The molecule has 0 atom stereocenters. The molecule has 3 rings (SSSR count). The van der Waals surface area contributed by atoms with Crippen molar-refractivity contribution in [1.29, 1.82) is 0 Å². The van der Waals surface area contributed by atoms with E-state index in [0.29, 0.717) is 28.7 Å². The van der Waals surface area contributed by atoms with E-state index in [0.717, 1.165) is 36.1 Å². The van der Waals surface area contributed by atoms with Gasteiger partial charge in [0.15, 0.2) is 11.5 Å². The van der Waals surface area contributed by atoms with Crippen molar-refractivity contribution in [3.8, 4) is 11.5 Å². The Morgan fingerprint density at radius 1 is 1.23 bits per heavy atom. The molecule has 0 unspecified atom stereocenters. The van der Waals surface area contributed by atoms with Gasteiger partial charge in [-0.05, 0) is 32.6 Å². The first-order valence-corrected chi connectivity index (χ1v) is 12.6. The molecule has 1 amide bonds. The number of methoxy groups -OCH3 is 1. The maximum Gasteiger partial charge on any atom is 0.294 e. The minimum Gasteiger partial charge on any atom is -0.493 e. The number of thiophene rings is 1. The van der Waals surface area contributed by atoms with Gasteiger partial charge in [0.2, 0.25) is 0 Å². The number of carbonyl (C=O) groups excluding carboxylic acids is 1. The number of ether oxygens (including phenoxy) is 2. The number of nitro groups is 1. The third-order valence-electron chi connectivity index (χ3n) is 4.53. The van der Waals surface area contributed by atoms with Crippen LogP contribution in [0, 0.1) is 10.1 Å². The monoisotopic (exact) mass is 556 g/mol. The van der Waals surface area contributed by atoms with Gasteiger partial charge in [0.05, 0.1) is 33.6 Å². The van der Waals surface area contributed by atoms with Crippen LogP contribution >= 0.6 is 46.3 Å². The minimum atomic E-state index is -0.552. The molecule has 13 heteroatoms. The molecule has 35 heavy (non-hydrogen) atoms. The third kappa shape index (κ3) is 7.21. The van der Waals surface area contributed by atoms with Gasteiger partial charge in [-0.15, -0.1) is 11.3 Å². The van der Waals surface area contributed by atoms with Crippen LogP contribution in [0.25, 0.3) is 0 Å². The zero-order valence-corrected chi connectivity index (χ0v) is 22.2. The number of hydrogen-bond acceptors (Lipinski definition) is 9. The summed E-state index contributed by atoms with van der Waals surface area (Å²) in [6, 6.07) is 6.24. The average Bonchev–Trinajstić information content (AvgIpc) is 3.24. The van der Waals surface area contributed by atoms with Crippen LogP contribution in [0.4, 0.5) is 11.4 Å². The van der Waals surface area contributed by atoms with E-state index < -0.39 is 10.8 Å². The molecule has 186 valence electrons. The van der Waals surface area contributed by atoms with Crippen molar-refractivity contribution in [3.05, 3.63) is 61.7 Å². The number of pyridine rings is 1. The van der Waals surface area contributed by atoms with Gasteiger partial charge in [0.25, 0.3) is 11.6 Å². The predicted octanol–water partition coefficient (Wildman–Crippen LogP) is 6.10. The van der Waals surface area contributed by atoms with Crippen LogP contribution in [0.5, 0.6) is 11.5 Å². The highest BCUT2D eigenvalue weighted by atomic mass is 35.5. The highest BCUT2D eigenvalue weighted by Crippen LogP contribution is 2.45. The van der Waals surface area contributed by atoms with Crippen LogP contribution in [-0.2, 0) is 0 Å². The van der Waals surface area contributed by atoms with Crippen LogP contribution in [0.2, 0.25) is 10.0 Å². The van der Waals surface area contributed by atoms with E-state index in [1.54, 1.807) is 18.2 Å². The normalized spacial score (nSPS) is 10.9. The fraction of sp³-hybridized carbons (Fsp3) is 0.273. The lowest BCUT2D eigenvalue weighted by molar-refractivity contribution is -0.387. The van der Waals surface area contributed by atoms with Crippen molar-refractivity contribution < 1.29 is 19.2 Å². The second kappa shape index (κ2) is 12.4. The first-order valence-electron chi connectivity index (χ1n) is 10.2. The Bertz CT molecular complexity index is 1200. The average molecular weight is 557 g/mol. The maximum atomic E-state index is 12.9. The van der Waals surface area contributed by atoms with E-state index in [9.17, 15) is 14.9 Å². The summed E-state index contributed by atoms with van der Waals surface area (Å²) < 4.78 is 11.4. The van der Waals surface area contributed by atoms with E-state index in [1.807, 2.05) is 14.1 Å². The zero-order chi connectivity index (χ0) is 25.5. The molecule has 0 saturated heterocycles. The van der Waals surface area contributed by atoms with Crippen LogP contribution in [0.1, 0.15) is 16.1 Å². The molecular weight excluding hydrogens is 535 g/mol. The number of rotatable bonds is 11. The molecule has 0 radical (unpaired) electrons. The Kier molecular flexibility index (Phi) is 9.58. The first kappa shape index (κ1) is 27.0. The van der Waals surface area contributed by atoms with Gasteiger partial charge in [-0.25, -0.2) is 0 Å². The molecule has 1 N–H and O–H groups in total. The second-order valence-corrected chi connectivity index (χ2v) is 10.5. The van der Waals surface area contributed by atoms with E-state index in [2.05, 4.69) is 15.2 Å². The summed E-state index contributed by atoms with van der Waals surface area (Å²) in [6.45, 7) is 1.41. The molecule has 0 aliphatic carbocycles. The molecule has 1 aromatic carbocycles. The quantitative estimate of drug-likeness (QED) is 0.171. The van der Waals surface area contributed by atoms with Crippen molar-refractivity contribution in [1.82, 2.24) is 9.88 Å². The van der Waals surface area contributed by atoms with Crippen molar-refractivity contribution >= 4 is 63.6 Å². The van der Waals surface area contributed by atoms with Crippen LogP contribution < -0.4 is 14.8 Å². The summed E-state index contributed by atoms with van der Waals surface area (Å²) in [6.07, 6.45) is 3.64. The topological polar surface area (TPSA) is 107 Å². The lowest BCUT2D eigenvalue weighted by Gasteiger charge is -2.14. The summed E-state index contributed by atoms with van der Waals surface area (Å²) in [4.78, 5) is 30.4. The fourth-order valence-corrected chi connectivity index (χ4v) is 5.64. The molecular formula is C22H22Cl2N4O5S2. The predicted molar refractivity (Wildman–Crippen MR) is 139 cm³/mol. The molecule has 3 aromatic rings. The molecule has 2 aromatic heterocycles. The van der Waals surface area contributed by atoms with E-state index >= 15 is 0 Å². The number of halogens is 2. The Balaban J connectivity index is 1.76. The number of anilines is 1. The molecule has 0 saturated carbocycles. The molecule has 9 nitrogen and oxygen atoms in total. The van der Waals surface area contributed by atoms with Gasteiger partial charge >= 0.3 is 0 Å². The Morgan fingerprint density at radius 2 is 1.94 bits per heavy atom.